The summed E-state index contributed by atoms with van der Waals surface area (Å²) in [5.74, 6) is -0.468. The van der Waals surface area contributed by atoms with E-state index in [1.54, 1.807) is 48.5 Å². The molecule has 2 amide bonds. The number of carbonyl (C=O) groups excluding carboxylic acids is 2. The van der Waals surface area contributed by atoms with Crippen LogP contribution in [-0.2, 0) is 6.54 Å². The summed E-state index contributed by atoms with van der Waals surface area (Å²) >= 11 is 1.35. The first-order chi connectivity index (χ1) is 13.0. The highest BCUT2D eigenvalue weighted by Gasteiger charge is 2.09. The summed E-state index contributed by atoms with van der Waals surface area (Å²) in [6, 6.07) is 16.1. The number of rotatable bonds is 6. The van der Waals surface area contributed by atoms with Crippen molar-refractivity contribution in [2.45, 2.75) is 6.54 Å². The summed E-state index contributed by atoms with van der Waals surface area (Å²) in [6.07, 6.45) is 0. The van der Waals surface area contributed by atoms with E-state index in [1.165, 1.54) is 23.5 Å². The lowest BCUT2D eigenvalue weighted by Gasteiger charge is -2.07. The minimum atomic E-state index is -0.471. The summed E-state index contributed by atoms with van der Waals surface area (Å²) in [4.78, 5) is 35.0. The molecule has 1 aromatic heterocycles. The van der Waals surface area contributed by atoms with Gasteiger partial charge in [-0.05, 0) is 41.3 Å². The van der Waals surface area contributed by atoms with Crippen molar-refractivity contribution < 1.29 is 14.5 Å². The molecule has 0 fully saturated rings. The summed E-state index contributed by atoms with van der Waals surface area (Å²) in [5.41, 5.74) is 1.81. The van der Waals surface area contributed by atoms with Gasteiger partial charge in [0.05, 0.1) is 9.80 Å². The van der Waals surface area contributed by atoms with Crippen LogP contribution in [0.15, 0.2) is 66.0 Å². The molecule has 7 nitrogen and oxygen atoms in total. The van der Waals surface area contributed by atoms with E-state index in [2.05, 4.69) is 10.6 Å². The van der Waals surface area contributed by atoms with Gasteiger partial charge >= 0.3 is 0 Å². The van der Waals surface area contributed by atoms with Crippen molar-refractivity contribution in [2.75, 3.05) is 5.32 Å². The number of benzene rings is 2. The summed E-state index contributed by atoms with van der Waals surface area (Å²) < 4.78 is 0. The second-order valence-corrected chi connectivity index (χ2v) is 6.56. The minimum Gasteiger partial charge on any atom is -0.348 e. The van der Waals surface area contributed by atoms with Crippen molar-refractivity contribution in [1.82, 2.24) is 5.32 Å². The van der Waals surface area contributed by atoms with Crippen LogP contribution in [0.25, 0.3) is 0 Å². The highest BCUT2D eigenvalue weighted by Crippen LogP contribution is 2.15. The fourth-order valence-electron chi connectivity index (χ4n) is 2.33. The van der Waals surface area contributed by atoms with Crippen LogP contribution in [0.1, 0.15) is 25.6 Å². The third-order valence-corrected chi connectivity index (χ3v) is 4.62. The maximum absolute atomic E-state index is 12.2. The zero-order valence-corrected chi connectivity index (χ0v) is 14.9. The Balaban J connectivity index is 1.55. The molecule has 0 saturated heterocycles. The van der Waals surface area contributed by atoms with Gasteiger partial charge < -0.3 is 10.6 Å². The van der Waals surface area contributed by atoms with E-state index in [0.29, 0.717) is 16.1 Å². The number of nitrogens with one attached hydrogen (secondary N) is 2. The standard InChI is InChI=1S/C19H15N3O4S/c23-18(20-12-13-3-9-16(10-4-13)22(25)26)14-5-7-15(8-6-14)21-19(24)17-2-1-11-27-17/h1-11H,12H2,(H,20,23)(H,21,24). The van der Waals surface area contributed by atoms with E-state index in [1.807, 2.05) is 5.38 Å². The first kappa shape index (κ1) is 18.3. The third-order valence-electron chi connectivity index (χ3n) is 3.75. The first-order valence-electron chi connectivity index (χ1n) is 7.99. The van der Waals surface area contributed by atoms with Crippen LogP contribution in [0.4, 0.5) is 11.4 Å². The van der Waals surface area contributed by atoms with Gasteiger partial charge in [-0.25, -0.2) is 0 Å². The van der Waals surface area contributed by atoms with Gasteiger partial charge in [0.25, 0.3) is 17.5 Å². The van der Waals surface area contributed by atoms with Gasteiger partial charge in [0.1, 0.15) is 0 Å². The molecule has 1 heterocycles. The zero-order valence-electron chi connectivity index (χ0n) is 14.0. The number of hydrogen-bond acceptors (Lipinski definition) is 5. The maximum Gasteiger partial charge on any atom is 0.269 e. The predicted octanol–water partition coefficient (Wildman–Crippen LogP) is 3.84. The molecular formula is C19H15N3O4S. The number of hydrogen-bond donors (Lipinski definition) is 2. The fraction of sp³-hybridized carbons (Fsp3) is 0.0526. The minimum absolute atomic E-state index is 0.00487. The van der Waals surface area contributed by atoms with Crippen molar-refractivity contribution >= 4 is 34.5 Å². The molecular weight excluding hydrogens is 366 g/mol. The van der Waals surface area contributed by atoms with E-state index in [4.69, 9.17) is 0 Å². The normalized spacial score (nSPS) is 10.2. The second kappa shape index (κ2) is 8.24. The monoisotopic (exact) mass is 381 g/mol. The molecule has 3 aromatic rings. The van der Waals surface area contributed by atoms with Crippen molar-refractivity contribution in [2.24, 2.45) is 0 Å². The molecule has 27 heavy (non-hydrogen) atoms. The van der Waals surface area contributed by atoms with E-state index in [-0.39, 0.29) is 24.0 Å². The summed E-state index contributed by atoms with van der Waals surface area (Å²) in [6.45, 7) is 0.258. The number of thiophene rings is 1. The highest BCUT2D eigenvalue weighted by atomic mass is 32.1. The van der Waals surface area contributed by atoms with Gasteiger partial charge in [0, 0.05) is 29.9 Å². The molecule has 2 aromatic carbocycles. The van der Waals surface area contributed by atoms with Crippen molar-refractivity contribution in [3.05, 3.63) is 92.2 Å². The van der Waals surface area contributed by atoms with Gasteiger partial charge in [0.2, 0.25) is 0 Å². The number of non-ortho nitro benzene ring substituents is 1. The lowest BCUT2D eigenvalue weighted by Crippen LogP contribution is -2.22. The number of nitrogens with zero attached hydrogens (tertiary/aromatic N) is 1. The molecule has 0 unspecified atom stereocenters. The number of carbonyl (C=O) groups is 2. The van der Waals surface area contributed by atoms with Gasteiger partial charge in [0.15, 0.2) is 0 Å². The summed E-state index contributed by atoms with van der Waals surface area (Å²) in [5, 5.41) is 18.0. The fourth-order valence-corrected chi connectivity index (χ4v) is 2.94. The molecule has 2 N–H and O–H groups in total. The van der Waals surface area contributed by atoms with Gasteiger partial charge in [-0.2, -0.15) is 0 Å². The molecule has 8 heteroatoms. The number of anilines is 1. The molecule has 0 atom stereocenters. The third kappa shape index (κ3) is 4.77. The van der Waals surface area contributed by atoms with Crippen LogP contribution in [0.5, 0.6) is 0 Å². The zero-order chi connectivity index (χ0) is 19.2. The molecule has 0 aliphatic rings. The van der Waals surface area contributed by atoms with Crippen LogP contribution < -0.4 is 10.6 Å². The Bertz CT molecular complexity index is 952. The Morgan fingerprint density at radius 3 is 2.26 bits per heavy atom. The predicted molar refractivity (Wildman–Crippen MR) is 103 cm³/mol. The van der Waals surface area contributed by atoms with Gasteiger partial charge in [-0.15, -0.1) is 11.3 Å². The molecule has 3 rings (SSSR count). The van der Waals surface area contributed by atoms with E-state index >= 15 is 0 Å². The quantitative estimate of drug-likeness (QED) is 0.500. The number of amides is 2. The Morgan fingerprint density at radius 2 is 1.67 bits per heavy atom. The lowest BCUT2D eigenvalue weighted by molar-refractivity contribution is -0.384. The first-order valence-corrected chi connectivity index (χ1v) is 8.87. The average Bonchev–Trinajstić information content (AvgIpc) is 3.22. The van der Waals surface area contributed by atoms with E-state index in [0.717, 1.165) is 5.56 Å². The molecule has 0 spiro atoms. The Labute approximate surface area is 158 Å². The van der Waals surface area contributed by atoms with Crippen molar-refractivity contribution in [1.29, 1.82) is 0 Å². The Morgan fingerprint density at radius 1 is 0.963 bits per heavy atom. The van der Waals surface area contributed by atoms with Crippen molar-refractivity contribution in [3.63, 3.8) is 0 Å². The largest absolute Gasteiger partial charge is 0.348 e. The molecule has 0 radical (unpaired) electrons. The van der Waals surface area contributed by atoms with Crippen LogP contribution in [0, 0.1) is 10.1 Å². The van der Waals surface area contributed by atoms with E-state index in [9.17, 15) is 19.7 Å². The molecule has 0 aliphatic carbocycles. The van der Waals surface area contributed by atoms with Crippen LogP contribution in [0.3, 0.4) is 0 Å². The molecule has 0 bridgehead atoms. The average molecular weight is 381 g/mol. The highest BCUT2D eigenvalue weighted by molar-refractivity contribution is 7.12. The second-order valence-electron chi connectivity index (χ2n) is 5.62. The number of nitro benzene ring substituents is 1. The van der Waals surface area contributed by atoms with Gasteiger partial charge in [-0.1, -0.05) is 18.2 Å². The maximum atomic E-state index is 12.2. The van der Waals surface area contributed by atoms with Gasteiger partial charge in [-0.3, -0.25) is 19.7 Å². The van der Waals surface area contributed by atoms with Crippen LogP contribution >= 0.6 is 11.3 Å². The smallest absolute Gasteiger partial charge is 0.269 e. The van der Waals surface area contributed by atoms with Crippen molar-refractivity contribution in [3.8, 4) is 0 Å². The van der Waals surface area contributed by atoms with Crippen LogP contribution in [-0.4, -0.2) is 16.7 Å². The molecule has 0 saturated carbocycles. The Hall–Kier alpha value is -3.52. The topological polar surface area (TPSA) is 101 Å². The van der Waals surface area contributed by atoms with E-state index < -0.39 is 4.92 Å². The molecule has 0 aliphatic heterocycles. The number of nitro groups is 1. The summed E-state index contributed by atoms with van der Waals surface area (Å²) in [7, 11) is 0. The SMILES string of the molecule is O=C(NCc1ccc([N+](=O)[O-])cc1)c1ccc(NC(=O)c2cccs2)cc1. The Kier molecular flexibility index (Phi) is 5.58. The lowest BCUT2D eigenvalue weighted by atomic mass is 10.1. The molecule has 136 valence electrons. The van der Waals surface area contributed by atoms with Crippen LogP contribution in [0.2, 0.25) is 0 Å².